The van der Waals surface area contributed by atoms with Gasteiger partial charge in [-0.2, -0.15) is 0 Å². The maximum Gasteiger partial charge on any atom is 0.213 e. The van der Waals surface area contributed by atoms with Gasteiger partial charge in [-0.1, -0.05) is 18.6 Å². The summed E-state index contributed by atoms with van der Waals surface area (Å²) in [6.45, 7) is 5.31. The van der Waals surface area contributed by atoms with Gasteiger partial charge in [-0.15, -0.1) is 0 Å². The van der Waals surface area contributed by atoms with Gasteiger partial charge < -0.3 is 14.6 Å². The van der Waals surface area contributed by atoms with Crippen molar-refractivity contribution in [2.75, 3.05) is 26.7 Å². The second-order valence-electron chi connectivity index (χ2n) is 8.03. The highest BCUT2D eigenvalue weighted by molar-refractivity contribution is 5.82. The number of pyridine rings is 1. The molecular weight excluding hydrogens is 348 g/mol. The predicted molar refractivity (Wildman–Crippen MR) is 114 cm³/mol. The van der Waals surface area contributed by atoms with Crippen molar-refractivity contribution < 1.29 is 4.74 Å². The van der Waals surface area contributed by atoms with Crippen molar-refractivity contribution in [1.29, 1.82) is 0 Å². The Kier molecular flexibility index (Phi) is 5.91. The van der Waals surface area contributed by atoms with Gasteiger partial charge in [0.2, 0.25) is 5.88 Å². The molecule has 4 rings (SSSR count). The maximum absolute atomic E-state index is 5.91. The lowest BCUT2D eigenvalue weighted by molar-refractivity contribution is 0.205. The molecule has 1 N–H and O–H groups in total. The lowest BCUT2D eigenvalue weighted by atomic mass is 9.92. The van der Waals surface area contributed by atoms with E-state index in [4.69, 9.17) is 9.72 Å². The third kappa shape index (κ3) is 4.53. The van der Waals surface area contributed by atoms with Crippen molar-refractivity contribution >= 4 is 11.0 Å². The third-order valence-corrected chi connectivity index (χ3v) is 5.82. The Balaban J connectivity index is 1.29. The van der Waals surface area contributed by atoms with E-state index in [1.807, 2.05) is 18.2 Å². The Morgan fingerprint density at radius 3 is 2.86 bits per heavy atom. The van der Waals surface area contributed by atoms with Gasteiger partial charge in [-0.05, 0) is 76.4 Å². The number of H-pyrrole nitrogens is 1. The van der Waals surface area contributed by atoms with Crippen molar-refractivity contribution in [2.45, 2.75) is 39.0 Å². The average molecular weight is 379 g/mol. The molecule has 1 saturated heterocycles. The number of fused-ring (bicyclic) bond motifs is 1. The van der Waals surface area contributed by atoms with Gasteiger partial charge in [0.05, 0.1) is 17.6 Å². The number of imidazole rings is 1. The van der Waals surface area contributed by atoms with Crippen LogP contribution in [0, 0.1) is 12.8 Å². The molecule has 0 atom stereocenters. The van der Waals surface area contributed by atoms with Gasteiger partial charge >= 0.3 is 0 Å². The fraction of sp³-hybridized carbons (Fsp3) is 0.478. The molecule has 2 aromatic heterocycles. The second-order valence-corrected chi connectivity index (χ2v) is 8.03. The van der Waals surface area contributed by atoms with Crippen molar-refractivity contribution in [3.63, 3.8) is 0 Å². The quantitative estimate of drug-likeness (QED) is 0.599. The van der Waals surface area contributed by atoms with Gasteiger partial charge in [-0.3, -0.25) is 0 Å². The molecule has 0 unspecified atom stereocenters. The highest BCUT2D eigenvalue weighted by Gasteiger charge is 2.16. The molecular formula is C23H30N4O. The first-order chi connectivity index (χ1) is 13.7. The lowest BCUT2D eigenvalue weighted by Crippen LogP contribution is -2.30. The summed E-state index contributed by atoms with van der Waals surface area (Å²) < 4.78 is 5.91. The first-order valence-corrected chi connectivity index (χ1v) is 10.4. The Morgan fingerprint density at radius 2 is 2.04 bits per heavy atom. The molecule has 0 saturated carbocycles. The monoisotopic (exact) mass is 378 g/mol. The molecule has 5 heteroatoms. The summed E-state index contributed by atoms with van der Waals surface area (Å²) in [6.07, 6.45) is 8.13. The minimum absolute atomic E-state index is 0.675. The predicted octanol–water partition coefficient (Wildman–Crippen LogP) is 4.82. The topological polar surface area (TPSA) is 54.0 Å². The van der Waals surface area contributed by atoms with Crippen LogP contribution in [0.25, 0.3) is 22.4 Å². The summed E-state index contributed by atoms with van der Waals surface area (Å²) in [5, 5.41) is 0. The maximum atomic E-state index is 5.91. The molecule has 5 nitrogen and oxygen atoms in total. The number of rotatable bonds is 7. The van der Waals surface area contributed by atoms with Gasteiger partial charge in [0, 0.05) is 17.8 Å². The number of ether oxygens (including phenoxy) is 1. The van der Waals surface area contributed by atoms with Crippen LogP contribution < -0.4 is 4.74 Å². The van der Waals surface area contributed by atoms with Gasteiger partial charge in [0.25, 0.3) is 0 Å². The zero-order valence-electron chi connectivity index (χ0n) is 16.9. The van der Waals surface area contributed by atoms with E-state index in [1.165, 1.54) is 44.3 Å². The minimum Gasteiger partial charge on any atom is -0.478 e. The standard InChI is InChI=1S/C23H30N4O/c1-17-6-5-8-20-22(17)26-23(25-20)19-9-12-24-21(16-19)28-15-4-3-7-18-10-13-27(2)14-11-18/h5-6,8-9,12,16,18H,3-4,7,10-11,13-15H2,1-2H3,(H,25,26). The molecule has 0 spiro atoms. The number of aromatic amines is 1. The molecule has 1 aliphatic rings. The molecule has 1 fully saturated rings. The zero-order valence-corrected chi connectivity index (χ0v) is 16.9. The second kappa shape index (κ2) is 8.74. The van der Waals surface area contributed by atoms with Crippen LogP contribution in [0.1, 0.15) is 37.7 Å². The number of benzene rings is 1. The molecule has 28 heavy (non-hydrogen) atoms. The van der Waals surface area contributed by atoms with Crippen LogP contribution in [0.4, 0.5) is 0 Å². The largest absolute Gasteiger partial charge is 0.478 e. The molecule has 0 radical (unpaired) electrons. The van der Waals surface area contributed by atoms with E-state index in [1.54, 1.807) is 6.20 Å². The number of nitrogens with one attached hydrogen (secondary N) is 1. The number of unbranched alkanes of at least 4 members (excludes halogenated alkanes) is 1. The Bertz CT molecular complexity index is 912. The summed E-state index contributed by atoms with van der Waals surface area (Å²) in [5.74, 6) is 2.43. The number of hydrogen-bond donors (Lipinski definition) is 1. The first-order valence-electron chi connectivity index (χ1n) is 10.4. The number of hydrogen-bond acceptors (Lipinski definition) is 4. The Morgan fingerprint density at radius 1 is 1.18 bits per heavy atom. The molecule has 1 aliphatic heterocycles. The van der Waals surface area contributed by atoms with Crippen molar-refractivity contribution in [3.8, 4) is 17.3 Å². The SMILES string of the molecule is Cc1cccc2[nH]c(-c3ccnc(OCCCCC4CCN(C)CC4)c3)nc12. The highest BCUT2D eigenvalue weighted by atomic mass is 16.5. The summed E-state index contributed by atoms with van der Waals surface area (Å²) in [5.41, 5.74) is 4.26. The van der Waals surface area contributed by atoms with Crippen LogP contribution in [-0.2, 0) is 0 Å². The number of nitrogens with zero attached hydrogens (tertiary/aromatic N) is 3. The molecule has 0 amide bonds. The van der Waals surface area contributed by atoms with Gasteiger partial charge in [0.1, 0.15) is 5.82 Å². The van der Waals surface area contributed by atoms with E-state index >= 15 is 0 Å². The van der Waals surface area contributed by atoms with Crippen LogP contribution in [0.5, 0.6) is 5.88 Å². The van der Waals surface area contributed by atoms with Gasteiger partial charge in [0.15, 0.2) is 0 Å². The van der Waals surface area contributed by atoms with Crippen LogP contribution >= 0.6 is 0 Å². The molecule has 0 aliphatic carbocycles. The fourth-order valence-electron chi connectivity index (χ4n) is 4.01. The van der Waals surface area contributed by atoms with Crippen molar-refractivity contribution in [2.24, 2.45) is 5.92 Å². The van der Waals surface area contributed by atoms with Crippen LogP contribution in [-0.4, -0.2) is 46.6 Å². The first kappa shape index (κ1) is 18.9. The Hall–Kier alpha value is -2.40. The van der Waals surface area contributed by atoms with E-state index in [0.717, 1.165) is 41.4 Å². The normalized spacial score (nSPS) is 15.9. The third-order valence-electron chi connectivity index (χ3n) is 5.82. The van der Waals surface area contributed by atoms with Crippen LogP contribution in [0.3, 0.4) is 0 Å². The van der Waals surface area contributed by atoms with E-state index in [-0.39, 0.29) is 0 Å². The van der Waals surface area contributed by atoms with Crippen LogP contribution in [0.15, 0.2) is 36.5 Å². The molecule has 3 aromatic rings. The van der Waals surface area contributed by atoms with Crippen LogP contribution in [0.2, 0.25) is 0 Å². The molecule has 3 heterocycles. The summed E-state index contributed by atoms with van der Waals surface area (Å²) >= 11 is 0. The summed E-state index contributed by atoms with van der Waals surface area (Å²) in [4.78, 5) is 14.9. The number of aryl methyl sites for hydroxylation is 1. The molecule has 148 valence electrons. The summed E-state index contributed by atoms with van der Waals surface area (Å²) in [7, 11) is 2.22. The molecule has 1 aromatic carbocycles. The lowest BCUT2D eigenvalue weighted by Gasteiger charge is -2.28. The Labute approximate surface area is 167 Å². The number of piperidine rings is 1. The van der Waals surface area contributed by atoms with E-state index < -0.39 is 0 Å². The number of likely N-dealkylation sites (tertiary alicyclic amines) is 1. The van der Waals surface area contributed by atoms with Crippen molar-refractivity contribution in [1.82, 2.24) is 19.9 Å². The number of aromatic nitrogens is 3. The highest BCUT2D eigenvalue weighted by Crippen LogP contribution is 2.25. The zero-order chi connectivity index (χ0) is 19.3. The van der Waals surface area contributed by atoms with Crippen molar-refractivity contribution in [3.05, 3.63) is 42.1 Å². The summed E-state index contributed by atoms with van der Waals surface area (Å²) in [6, 6.07) is 10.1. The average Bonchev–Trinajstić information content (AvgIpc) is 3.15. The van der Waals surface area contributed by atoms with E-state index in [9.17, 15) is 0 Å². The van der Waals surface area contributed by atoms with Gasteiger partial charge in [-0.25, -0.2) is 9.97 Å². The smallest absolute Gasteiger partial charge is 0.213 e. The van der Waals surface area contributed by atoms with E-state index in [0.29, 0.717) is 5.88 Å². The molecule has 0 bridgehead atoms. The fourth-order valence-corrected chi connectivity index (χ4v) is 4.01. The minimum atomic E-state index is 0.675. The number of para-hydroxylation sites is 1. The van der Waals surface area contributed by atoms with E-state index in [2.05, 4.69) is 41.0 Å².